The molecule has 2 rings (SSSR count). The Balaban J connectivity index is 2.12. The molecule has 21 heavy (non-hydrogen) atoms. The molecule has 0 radical (unpaired) electrons. The van der Waals surface area contributed by atoms with Crippen LogP contribution in [0.5, 0.6) is 11.5 Å². The number of hydrogen-bond acceptors (Lipinski definition) is 4. The Morgan fingerprint density at radius 3 is 2.86 bits per heavy atom. The number of fused-ring (bicyclic) bond motifs is 1. The number of amides is 1. The van der Waals surface area contributed by atoms with Crippen LogP contribution in [0.2, 0.25) is 0 Å². The summed E-state index contributed by atoms with van der Waals surface area (Å²) in [4.78, 5) is 23.3. The van der Waals surface area contributed by atoms with Crippen LogP contribution in [0.4, 0.5) is 0 Å². The number of aliphatic carboxylic acids is 1. The van der Waals surface area contributed by atoms with E-state index in [1.807, 2.05) is 6.92 Å². The van der Waals surface area contributed by atoms with Gasteiger partial charge in [-0.25, -0.2) is 4.79 Å². The Labute approximate surface area is 130 Å². The van der Waals surface area contributed by atoms with Crippen molar-refractivity contribution in [3.8, 4) is 11.5 Å². The van der Waals surface area contributed by atoms with Crippen molar-refractivity contribution in [2.45, 2.75) is 32.2 Å². The summed E-state index contributed by atoms with van der Waals surface area (Å²) in [6.07, 6.45) is 2.01. The van der Waals surface area contributed by atoms with E-state index < -0.39 is 17.9 Å². The van der Waals surface area contributed by atoms with E-state index in [9.17, 15) is 9.59 Å². The summed E-state index contributed by atoms with van der Waals surface area (Å²) < 4.78 is 11.1. The Kier molecular flexibility index (Phi) is 5.06. The van der Waals surface area contributed by atoms with Gasteiger partial charge in [-0.05, 0) is 34.5 Å². The van der Waals surface area contributed by atoms with E-state index in [1.165, 1.54) is 0 Å². The average molecular weight is 358 g/mol. The lowest BCUT2D eigenvalue weighted by Crippen LogP contribution is -2.40. The second kappa shape index (κ2) is 6.80. The van der Waals surface area contributed by atoms with E-state index in [0.717, 1.165) is 12.8 Å². The van der Waals surface area contributed by atoms with Crippen molar-refractivity contribution in [1.29, 1.82) is 0 Å². The van der Waals surface area contributed by atoms with Gasteiger partial charge in [0.15, 0.2) is 11.5 Å². The smallest absolute Gasteiger partial charge is 0.326 e. The number of nitrogens with one attached hydrogen (secondary N) is 1. The summed E-state index contributed by atoms with van der Waals surface area (Å²) in [5.74, 6) is -0.462. The summed E-state index contributed by atoms with van der Waals surface area (Å²) in [6.45, 7) is 2.07. The first-order valence-electron chi connectivity index (χ1n) is 6.65. The van der Waals surface area contributed by atoms with Gasteiger partial charge in [-0.2, -0.15) is 0 Å². The fourth-order valence-corrected chi connectivity index (χ4v) is 2.56. The fraction of sp³-hybridized carbons (Fsp3) is 0.429. The van der Waals surface area contributed by atoms with Gasteiger partial charge in [0.05, 0.1) is 4.47 Å². The summed E-state index contributed by atoms with van der Waals surface area (Å²) >= 11 is 3.30. The predicted octanol–water partition coefficient (Wildman–Crippen LogP) is 2.55. The number of halogens is 1. The van der Waals surface area contributed by atoms with Gasteiger partial charge in [0.2, 0.25) is 6.79 Å². The molecule has 0 aromatic heterocycles. The van der Waals surface area contributed by atoms with Crippen molar-refractivity contribution in [1.82, 2.24) is 5.32 Å². The lowest BCUT2D eigenvalue weighted by atomic mass is 10.1. The Morgan fingerprint density at radius 1 is 1.43 bits per heavy atom. The van der Waals surface area contributed by atoms with E-state index in [1.54, 1.807) is 12.1 Å². The lowest BCUT2D eigenvalue weighted by molar-refractivity contribution is -0.139. The molecule has 2 N–H and O–H groups in total. The van der Waals surface area contributed by atoms with Crippen LogP contribution in [0, 0.1) is 0 Å². The van der Waals surface area contributed by atoms with Crippen molar-refractivity contribution in [3.63, 3.8) is 0 Å². The van der Waals surface area contributed by atoms with Crippen molar-refractivity contribution in [2.24, 2.45) is 0 Å². The van der Waals surface area contributed by atoms with Crippen LogP contribution >= 0.6 is 15.9 Å². The topological polar surface area (TPSA) is 84.9 Å². The third-order valence-corrected chi connectivity index (χ3v) is 3.73. The van der Waals surface area contributed by atoms with Gasteiger partial charge in [0.25, 0.3) is 5.91 Å². The van der Waals surface area contributed by atoms with Crippen molar-refractivity contribution in [2.75, 3.05) is 6.79 Å². The van der Waals surface area contributed by atoms with E-state index in [0.29, 0.717) is 28.0 Å². The number of carboxylic acids is 1. The molecule has 1 aliphatic heterocycles. The Hall–Kier alpha value is -1.76. The molecule has 1 atom stereocenters. The standard InChI is InChI=1S/C14H16BrNO5/c1-2-3-4-10(14(18)19)16-13(17)8-5-9(15)12-11(6-8)20-7-21-12/h5-6,10H,2-4,7H2,1H3,(H,16,17)(H,18,19). The molecule has 1 aliphatic rings. The van der Waals surface area contributed by atoms with Gasteiger partial charge in [-0.3, -0.25) is 4.79 Å². The van der Waals surface area contributed by atoms with E-state index in [4.69, 9.17) is 14.6 Å². The largest absolute Gasteiger partial charge is 0.480 e. The quantitative estimate of drug-likeness (QED) is 0.817. The molecule has 6 nitrogen and oxygen atoms in total. The summed E-state index contributed by atoms with van der Waals surface area (Å²) in [5.41, 5.74) is 0.328. The minimum Gasteiger partial charge on any atom is -0.480 e. The fourth-order valence-electron chi connectivity index (χ4n) is 2.01. The van der Waals surface area contributed by atoms with Crippen molar-refractivity contribution in [3.05, 3.63) is 22.2 Å². The molecule has 7 heteroatoms. The van der Waals surface area contributed by atoms with Gasteiger partial charge in [-0.15, -0.1) is 0 Å². The number of unbranched alkanes of at least 4 members (excludes halogenated alkanes) is 1. The lowest BCUT2D eigenvalue weighted by Gasteiger charge is -2.14. The minimum atomic E-state index is -1.03. The summed E-state index contributed by atoms with van der Waals surface area (Å²) in [6, 6.07) is 2.24. The second-order valence-electron chi connectivity index (χ2n) is 4.70. The van der Waals surface area contributed by atoms with Crippen LogP contribution in [0.3, 0.4) is 0 Å². The predicted molar refractivity (Wildman–Crippen MR) is 78.7 cm³/mol. The summed E-state index contributed by atoms with van der Waals surface area (Å²) in [7, 11) is 0. The zero-order chi connectivity index (χ0) is 15.4. The monoisotopic (exact) mass is 357 g/mol. The van der Waals surface area contributed by atoms with Crippen LogP contribution in [-0.2, 0) is 4.79 Å². The molecule has 114 valence electrons. The molecular formula is C14H16BrNO5. The van der Waals surface area contributed by atoms with Crippen LogP contribution < -0.4 is 14.8 Å². The molecule has 0 aliphatic carbocycles. The van der Waals surface area contributed by atoms with E-state index in [2.05, 4.69) is 21.2 Å². The Morgan fingerprint density at radius 2 is 2.19 bits per heavy atom. The highest BCUT2D eigenvalue weighted by atomic mass is 79.9. The van der Waals surface area contributed by atoms with Gasteiger partial charge in [0.1, 0.15) is 6.04 Å². The second-order valence-corrected chi connectivity index (χ2v) is 5.55. The van der Waals surface area contributed by atoms with Crippen molar-refractivity contribution >= 4 is 27.8 Å². The third kappa shape index (κ3) is 3.66. The SMILES string of the molecule is CCCCC(NC(=O)c1cc(Br)c2c(c1)OCO2)C(=O)O. The first-order chi connectivity index (χ1) is 10.0. The van der Waals surface area contributed by atoms with Gasteiger partial charge in [0, 0.05) is 5.56 Å². The maximum Gasteiger partial charge on any atom is 0.326 e. The maximum atomic E-state index is 12.2. The highest BCUT2D eigenvalue weighted by Gasteiger charge is 2.23. The average Bonchev–Trinajstić information content (AvgIpc) is 2.91. The first kappa shape index (κ1) is 15.6. The molecule has 0 spiro atoms. The molecule has 0 saturated carbocycles. The zero-order valence-electron chi connectivity index (χ0n) is 11.5. The molecule has 1 aromatic carbocycles. The number of carbonyl (C=O) groups excluding carboxylic acids is 1. The molecule has 1 heterocycles. The number of hydrogen-bond donors (Lipinski definition) is 2. The number of carbonyl (C=O) groups is 2. The number of carboxylic acid groups (broad SMARTS) is 1. The highest BCUT2D eigenvalue weighted by Crippen LogP contribution is 2.39. The van der Waals surface area contributed by atoms with Crippen LogP contribution in [0.25, 0.3) is 0 Å². The normalized spacial score (nSPS) is 13.8. The number of ether oxygens (including phenoxy) is 2. The molecule has 1 amide bonds. The van der Waals surface area contributed by atoms with Gasteiger partial charge in [-0.1, -0.05) is 19.8 Å². The van der Waals surface area contributed by atoms with Crippen LogP contribution in [0.15, 0.2) is 16.6 Å². The van der Waals surface area contributed by atoms with Crippen molar-refractivity contribution < 1.29 is 24.2 Å². The van der Waals surface area contributed by atoms with Gasteiger partial charge < -0.3 is 19.9 Å². The van der Waals surface area contributed by atoms with Gasteiger partial charge >= 0.3 is 5.97 Å². The number of rotatable bonds is 6. The Bertz CT molecular complexity index is 561. The van der Waals surface area contributed by atoms with E-state index >= 15 is 0 Å². The highest BCUT2D eigenvalue weighted by molar-refractivity contribution is 9.10. The molecule has 0 bridgehead atoms. The first-order valence-corrected chi connectivity index (χ1v) is 7.45. The van der Waals surface area contributed by atoms with Crippen LogP contribution in [-0.4, -0.2) is 29.8 Å². The third-order valence-electron chi connectivity index (χ3n) is 3.14. The molecular weight excluding hydrogens is 342 g/mol. The summed E-state index contributed by atoms with van der Waals surface area (Å²) in [5, 5.41) is 11.7. The molecule has 0 fully saturated rings. The maximum absolute atomic E-state index is 12.2. The number of benzene rings is 1. The van der Waals surface area contributed by atoms with Crippen LogP contribution in [0.1, 0.15) is 36.5 Å². The molecule has 1 aromatic rings. The molecule has 0 saturated heterocycles. The van der Waals surface area contributed by atoms with E-state index in [-0.39, 0.29) is 6.79 Å². The minimum absolute atomic E-state index is 0.104. The molecule has 1 unspecified atom stereocenters. The zero-order valence-corrected chi connectivity index (χ0v) is 13.1.